The molecule has 0 bridgehead atoms. The second-order valence-electron chi connectivity index (χ2n) is 5.37. The second-order valence-corrected chi connectivity index (χ2v) is 5.37. The Morgan fingerprint density at radius 1 is 1.00 bits per heavy atom. The molecule has 2 aromatic carbocycles. The Bertz CT molecular complexity index is 603. The molecule has 0 aromatic heterocycles. The third-order valence-corrected chi connectivity index (χ3v) is 3.73. The molecule has 0 atom stereocenters. The average Bonchev–Trinajstić information content (AvgIpc) is 3.26. The first-order chi connectivity index (χ1) is 10.2. The minimum Gasteiger partial charge on any atom is -0.490 e. The van der Waals surface area contributed by atoms with Crippen LogP contribution in [0.5, 0.6) is 11.5 Å². The molecule has 0 radical (unpaired) electrons. The fraction of sp³-hybridized carbons (Fsp3) is 0.333. The highest BCUT2D eigenvalue weighted by atomic mass is 16.5. The first-order valence-electron chi connectivity index (χ1n) is 7.38. The SMILES string of the molecule is CCOc1cccc(C2(O)CC2)c1OCc1ccccc1. The lowest BCUT2D eigenvalue weighted by atomic mass is 10.1. The van der Waals surface area contributed by atoms with Crippen molar-refractivity contribution >= 4 is 0 Å². The zero-order valence-electron chi connectivity index (χ0n) is 12.2. The molecule has 0 unspecified atom stereocenters. The van der Waals surface area contributed by atoms with E-state index < -0.39 is 5.60 Å². The monoisotopic (exact) mass is 284 g/mol. The van der Waals surface area contributed by atoms with E-state index in [0.29, 0.717) is 24.7 Å². The maximum absolute atomic E-state index is 10.4. The van der Waals surface area contributed by atoms with Crippen LogP contribution < -0.4 is 9.47 Å². The second kappa shape index (κ2) is 5.78. The van der Waals surface area contributed by atoms with E-state index in [1.807, 2.05) is 55.5 Å². The summed E-state index contributed by atoms with van der Waals surface area (Å²) in [6.45, 7) is 2.98. The Balaban J connectivity index is 1.87. The van der Waals surface area contributed by atoms with Crippen molar-refractivity contribution in [1.82, 2.24) is 0 Å². The summed E-state index contributed by atoms with van der Waals surface area (Å²) in [4.78, 5) is 0. The summed E-state index contributed by atoms with van der Waals surface area (Å²) in [7, 11) is 0. The number of ether oxygens (including phenoxy) is 2. The summed E-state index contributed by atoms with van der Waals surface area (Å²) >= 11 is 0. The Morgan fingerprint density at radius 3 is 2.43 bits per heavy atom. The molecule has 0 heterocycles. The normalized spacial score (nSPS) is 15.5. The van der Waals surface area contributed by atoms with Crippen LogP contribution in [0.1, 0.15) is 30.9 Å². The van der Waals surface area contributed by atoms with Gasteiger partial charge in [0.05, 0.1) is 12.2 Å². The molecular formula is C18H20O3. The molecule has 3 heteroatoms. The first-order valence-corrected chi connectivity index (χ1v) is 7.38. The van der Waals surface area contributed by atoms with E-state index in [1.54, 1.807) is 0 Å². The van der Waals surface area contributed by atoms with Crippen LogP contribution in [0.3, 0.4) is 0 Å². The van der Waals surface area contributed by atoms with E-state index in [1.165, 1.54) is 0 Å². The number of hydrogen-bond acceptors (Lipinski definition) is 3. The third kappa shape index (κ3) is 3.03. The van der Waals surface area contributed by atoms with Gasteiger partial charge in [0.1, 0.15) is 6.61 Å². The van der Waals surface area contributed by atoms with Crippen molar-refractivity contribution in [1.29, 1.82) is 0 Å². The van der Waals surface area contributed by atoms with E-state index in [2.05, 4.69) is 0 Å². The van der Waals surface area contributed by atoms with Gasteiger partial charge in [-0.05, 0) is 31.4 Å². The molecule has 3 rings (SSSR count). The summed E-state index contributed by atoms with van der Waals surface area (Å²) in [5.74, 6) is 1.37. The van der Waals surface area contributed by atoms with Gasteiger partial charge in [-0.25, -0.2) is 0 Å². The van der Waals surface area contributed by atoms with E-state index >= 15 is 0 Å². The molecule has 0 saturated heterocycles. The van der Waals surface area contributed by atoms with E-state index in [4.69, 9.17) is 9.47 Å². The number of rotatable bonds is 6. The number of hydrogen-bond donors (Lipinski definition) is 1. The molecule has 1 aliphatic carbocycles. The van der Waals surface area contributed by atoms with Crippen LogP contribution in [0, 0.1) is 0 Å². The van der Waals surface area contributed by atoms with Crippen molar-refractivity contribution in [3.63, 3.8) is 0 Å². The zero-order chi connectivity index (χ0) is 14.7. The Morgan fingerprint density at radius 2 is 1.76 bits per heavy atom. The molecule has 1 saturated carbocycles. The van der Waals surface area contributed by atoms with Crippen LogP contribution in [0.4, 0.5) is 0 Å². The van der Waals surface area contributed by atoms with Gasteiger partial charge in [-0.15, -0.1) is 0 Å². The average molecular weight is 284 g/mol. The van der Waals surface area contributed by atoms with Crippen LogP contribution in [-0.2, 0) is 12.2 Å². The molecule has 0 spiro atoms. The number of benzene rings is 2. The summed E-state index contributed by atoms with van der Waals surface area (Å²) in [6.07, 6.45) is 1.56. The molecule has 2 aromatic rings. The third-order valence-electron chi connectivity index (χ3n) is 3.73. The lowest BCUT2D eigenvalue weighted by molar-refractivity contribution is 0.143. The minimum absolute atomic E-state index is 0.466. The summed E-state index contributed by atoms with van der Waals surface area (Å²) in [5.41, 5.74) is 1.20. The van der Waals surface area contributed by atoms with Gasteiger partial charge in [0, 0.05) is 5.56 Å². The van der Waals surface area contributed by atoms with E-state index in [-0.39, 0.29) is 0 Å². The maximum Gasteiger partial charge on any atom is 0.167 e. The maximum atomic E-state index is 10.4. The molecule has 3 nitrogen and oxygen atoms in total. The van der Waals surface area contributed by atoms with Crippen LogP contribution in [0.25, 0.3) is 0 Å². The van der Waals surface area contributed by atoms with Crippen molar-refractivity contribution in [2.75, 3.05) is 6.61 Å². The number of para-hydroxylation sites is 1. The smallest absolute Gasteiger partial charge is 0.167 e. The van der Waals surface area contributed by atoms with Gasteiger partial charge in [-0.3, -0.25) is 0 Å². The van der Waals surface area contributed by atoms with Gasteiger partial charge in [0.2, 0.25) is 0 Å². The summed E-state index contributed by atoms with van der Waals surface area (Å²) in [6, 6.07) is 15.7. The predicted molar refractivity (Wildman–Crippen MR) is 81.5 cm³/mol. The largest absolute Gasteiger partial charge is 0.490 e. The minimum atomic E-state index is -0.737. The molecule has 110 valence electrons. The molecule has 1 fully saturated rings. The standard InChI is InChI=1S/C18H20O3/c1-2-20-16-10-6-9-15(18(19)11-12-18)17(16)21-13-14-7-4-3-5-8-14/h3-10,19H,2,11-13H2,1H3. The van der Waals surface area contributed by atoms with Crippen LogP contribution in [-0.4, -0.2) is 11.7 Å². The number of aliphatic hydroxyl groups is 1. The van der Waals surface area contributed by atoms with Crippen LogP contribution in [0.15, 0.2) is 48.5 Å². The highest BCUT2D eigenvalue weighted by Gasteiger charge is 2.45. The van der Waals surface area contributed by atoms with E-state index in [9.17, 15) is 5.11 Å². The molecule has 0 aliphatic heterocycles. The van der Waals surface area contributed by atoms with Gasteiger partial charge in [0.15, 0.2) is 11.5 Å². The highest BCUT2D eigenvalue weighted by Crippen LogP contribution is 2.51. The molecule has 0 amide bonds. The quantitative estimate of drug-likeness (QED) is 0.880. The Kier molecular flexibility index (Phi) is 3.84. The van der Waals surface area contributed by atoms with Crippen LogP contribution >= 0.6 is 0 Å². The lowest BCUT2D eigenvalue weighted by Gasteiger charge is -2.18. The molecule has 21 heavy (non-hydrogen) atoms. The van der Waals surface area contributed by atoms with Gasteiger partial charge >= 0.3 is 0 Å². The van der Waals surface area contributed by atoms with Crippen molar-refractivity contribution in [2.45, 2.75) is 32.0 Å². The van der Waals surface area contributed by atoms with Crippen molar-refractivity contribution in [3.8, 4) is 11.5 Å². The summed E-state index contributed by atoms with van der Waals surface area (Å²) in [5, 5.41) is 10.4. The first kappa shape index (κ1) is 14.0. The van der Waals surface area contributed by atoms with Crippen molar-refractivity contribution < 1.29 is 14.6 Å². The zero-order valence-corrected chi connectivity index (χ0v) is 12.2. The van der Waals surface area contributed by atoms with Gasteiger partial charge in [-0.1, -0.05) is 42.5 Å². The van der Waals surface area contributed by atoms with Crippen molar-refractivity contribution in [3.05, 3.63) is 59.7 Å². The Labute approximate surface area is 125 Å². The lowest BCUT2D eigenvalue weighted by Crippen LogP contribution is -2.10. The topological polar surface area (TPSA) is 38.7 Å². The molecule has 1 aliphatic rings. The molecule has 1 N–H and O–H groups in total. The molecular weight excluding hydrogens is 264 g/mol. The summed E-state index contributed by atoms with van der Waals surface area (Å²) < 4.78 is 11.6. The highest BCUT2D eigenvalue weighted by molar-refractivity contribution is 5.51. The van der Waals surface area contributed by atoms with Gasteiger partial charge < -0.3 is 14.6 Å². The van der Waals surface area contributed by atoms with Crippen LogP contribution in [0.2, 0.25) is 0 Å². The van der Waals surface area contributed by atoms with Gasteiger partial charge in [0.25, 0.3) is 0 Å². The van der Waals surface area contributed by atoms with Crippen molar-refractivity contribution in [2.24, 2.45) is 0 Å². The fourth-order valence-corrected chi connectivity index (χ4v) is 2.42. The fourth-order valence-electron chi connectivity index (χ4n) is 2.42. The van der Waals surface area contributed by atoms with E-state index in [0.717, 1.165) is 24.0 Å². The predicted octanol–water partition coefficient (Wildman–Crippen LogP) is 3.65. The Hall–Kier alpha value is -2.00. The van der Waals surface area contributed by atoms with Gasteiger partial charge in [-0.2, -0.15) is 0 Å².